The molecular weight excluding hydrogens is 805 g/mol. The highest BCUT2D eigenvalue weighted by Gasteiger charge is 2.19. The van der Waals surface area contributed by atoms with E-state index in [9.17, 15) is 14.4 Å². The summed E-state index contributed by atoms with van der Waals surface area (Å²) in [6.45, 7) is 6.66. The van der Waals surface area contributed by atoms with Crippen LogP contribution in [0.15, 0.2) is 12.2 Å². The van der Waals surface area contributed by atoms with Crippen molar-refractivity contribution in [2.45, 2.75) is 335 Å². The van der Waals surface area contributed by atoms with Gasteiger partial charge >= 0.3 is 17.9 Å². The van der Waals surface area contributed by atoms with Gasteiger partial charge in [0.15, 0.2) is 6.10 Å². The maximum absolute atomic E-state index is 12.8. The number of allylic oxidation sites excluding steroid dienone is 2. The third-order valence-electron chi connectivity index (χ3n) is 13.3. The van der Waals surface area contributed by atoms with Gasteiger partial charge in [0.1, 0.15) is 13.2 Å². The lowest BCUT2D eigenvalue weighted by Crippen LogP contribution is -2.30. The molecule has 0 aliphatic heterocycles. The number of unbranched alkanes of at least 4 members (excludes halogenated alkanes) is 41. The van der Waals surface area contributed by atoms with E-state index in [2.05, 4.69) is 32.9 Å². The molecule has 6 nitrogen and oxygen atoms in total. The highest BCUT2D eigenvalue weighted by atomic mass is 16.6. The number of carbonyl (C=O) groups is 3. The topological polar surface area (TPSA) is 78.9 Å². The smallest absolute Gasteiger partial charge is 0.306 e. The molecule has 0 bridgehead atoms. The molecule has 0 amide bonds. The zero-order valence-electron chi connectivity index (χ0n) is 44.0. The third kappa shape index (κ3) is 53.0. The summed E-state index contributed by atoms with van der Waals surface area (Å²) in [5, 5.41) is 0. The predicted octanol–water partition coefficient (Wildman–Crippen LogP) is 19.3. The van der Waals surface area contributed by atoms with Gasteiger partial charge in [-0.3, -0.25) is 14.4 Å². The van der Waals surface area contributed by atoms with Crippen LogP contribution in [-0.4, -0.2) is 37.2 Å². The van der Waals surface area contributed by atoms with Crippen LogP contribution in [0.5, 0.6) is 0 Å². The molecule has 0 saturated heterocycles. The van der Waals surface area contributed by atoms with Crippen molar-refractivity contribution < 1.29 is 28.6 Å². The van der Waals surface area contributed by atoms with Gasteiger partial charge < -0.3 is 14.2 Å². The number of hydrogen-bond acceptors (Lipinski definition) is 6. The molecule has 0 aromatic rings. The zero-order chi connectivity index (χ0) is 47.2. The molecular formula is C59H112O6. The van der Waals surface area contributed by atoms with Crippen molar-refractivity contribution in [3.05, 3.63) is 12.2 Å². The van der Waals surface area contributed by atoms with Gasteiger partial charge in [0.2, 0.25) is 0 Å². The van der Waals surface area contributed by atoms with Gasteiger partial charge in [-0.1, -0.05) is 277 Å². The molecule has 384 valence electrons. The van der Waals surface area contributed by atoms with Gasteiger partial charge in [-0.15, -0.1) is 0 Å². The van der Waals surface area contributed by atoms with Gasteiger partial charge in [0.05, 0.1) is 0 Å². The Morgan fingerprint density at radius 3 is 0.785 bits per heavy atom. The average Bonchev–Trinajstić information content (AvgIpc) is 3.30. The summed E-state index contributed by atoms with van der Waals surface area (Å²) >= 11 is 0. The first kappa shape index (κ1) is 63.1. The second-order valence-corrected chi connectivity index (χ2v) is 19.9. The molecule has 0 aliphatic carbocycles. The van der Waals surface area contributed by atoms with Gasteiger partial charge in [-0.25, -0.2) is 0 Å². The fourth-order valence-electron chi connectivity index (χ4n) is 8.85. The molecule has 6 heteroatoms. The van der Waals surface area contributed by atoms with Gasteiger partial charge in [0, 0.05) is 19.3 Å². The maximum Gasteiger partial charge on any atom is 0.306 e. The zero-order valence-corrected chi connectivity index (χ0v) is 44.0. The van der Waals surface area contributed by atoms with Crippen LogP contribution in [0.2, 0.25) is 0 Å². The lowest BCUT2D eigenvalue weighted by Gasteiger charge is -2.18. The molecule has 0 rings (SSSR count). The Bertz CT molecular complexity index is 1010. The Labute approximate surface area is 405 Å². The largest absolute Gasteiger partial charge is 0.462 e. The molecule has 0 saturated carbocycles. The maximum atomic E-state index is 12.8. The van der Waals surface area contributed by atoms with Crippen LogP contribution in [0.3, 0.4) is 0 Å². The molecule has 0 fully saturated rings. The molecule has 0 aromatic heterocycles. The van der Waals surface area contributed by atoms with Crippen molar-refractivity contribution in [3.63, 3.8) is 0 Å². The van der Waals surface area contributed by atoms with Crippen molar-refractivity contribution in [3.8, 4) is 0 Å². The summed E-state index contributed by atoms with van der Waals surface area (Å²) < 4.78 is 16.8. The van der Waals surface area contributed by atoms with Crippen LogP contribution in [0.1, 0.15) is 329 Å². The van der Waals surface area contributed by atoms with E-state index in [0.717, 1.165) is 64.2 Å². The van der Waals surface area contributed by atoms with E-state index >= 15 is 0 Å². The van der Waals surface area contributed by atoms with E-state index in [1.54, 1.807) is 0 Å². The first-order valence-corrected chi connectivity index (χ1v) is 29.2. The van der Waals surface area contributed by atoms with E-state index < -0.39 is 6.10 Å². The minimum absolute atomic E-state index is 0.0677. The summed E-state index contributed by atoms with van der Waals surface area (Å²) in [4.78, 5) is 38.0. The van der Waals surface area contributed by atoms with Gasteiger partial charge in [0.25, 0.3) is 0 Å². The lowest BCUT2D eigenvalue weighted by molar-refractivity contribution is -0.167. The summed E-state index contributed by atoms with van der Waals surface area (Å²) in [5.41, 5.74) is 0. The second-order valence-electron chi connectivity index (χ2n) is 19.9. The van der Waals surface area contributed by atoms with Crippen molar-refractivity contribution in [2.24, 2.45) is 0 Å². The molecule has 65 heavy (non-hydrogen) atoms. The Hall–Kier alpha value is -1.85. The molecule has 0 heterocycles. The number of carbonyl (C=O) groups excluding carboxylic acids is 3. The van der Waals surface area contributed by atoms with Crippen LogP contribution in [0, 0.1) is 0 Å². The fourth-order valence-corrected chi connectivity index (χ4v) is 8.85. The van der Waals surface area contributed by atoms with Crippen molar-refractivity contribution in [1.82, 2.24) is 0 Å². The van der Waals surface area contributed by atoms with E-state index in [-0.39, 0.29) is 31.1 Å². The molecule has 0 spiro atoms. The third-order valence-corrected chi connectivity index (χ3v) is 13.3. The average molecular weight is 918 g/mol. The Kier molecular flexibility index (Phi) is 53.2. The van der Waals surface area contributed by atoms with Crippen LogP contribution in [-0.2, 0) is 28.6 Å². The number of hydrogen-bond donors (Lipinski definition) is 0. The quantitative estimate of drug-likeness (QED) is 0.0262. The Morgan fingerprint density at radius 2 is 0.508 bits per heavy atom. The van der Waals surface area contributed by atoms with Gasteiger partial charge in [-0.2, -0.15) is 0 Å². The molecule has 1 atom stereocenters. The molecule has 0 radical (unpaired) electrons. The number of esters is 3. The summed E-state index contributed by atoms with van der Waals surface area (Å²) in [7, 11) is 0. The Balaban J connectivity index is 4.18. The highest BCUT2D eigenvalue weighted by Crippen LogP contribution is 2.17. The lowest BCUT2D eigenvalue weighted by atomic mass is 10.0. The van der Waals surface area contributed by atoms with E-state index in [1.807, 2.05) is 0 Å². The summed E-state index contributed by atoms with van der Waals surface area (Å²) in [6.07, 6.45) is 62.1. The number of rotatable bonds is 54. The minimum Gasteiger partial charge on any atom is -0.462 e. The molecule has 0 aromatic carbocycles. The van der Waals surface area contributed by atoms with E-state index in [1.165, 1.54) is 225 Å². The van der Waals surface area contributed by atoms with Crippen molar-refractivity contribution >= 4 is 17.9 Å². The van der Waals surface area contributed by atoms with Crippen molar-refractivity contribution in [1.29, 1.82) is 0 Å². The SMILES string of the molecule is CCCCCC/C=C\CCCCCCCC(=O)OC(COC(=O)CCCCCCCCCCCCC)COC(=O)CCCCCCCCCCCCCCCCCCCCCCCCC. The fraction of sp³-hybridized carbons (Fsp3) is 0.915. The van der Waals surface area contributed by atoms with Crippen molar-refractivity contribution in [2.75, 3.05) is 13.2 Å². The summed E-state index contributed by atoms with van der Waals surface area (Å²) in [6, 6.07) is 0. The predicted molar refractivity (Wildman–Crippen MR) is 280 cm³/mol. The van der Waals surface area contributed by atoms with E-state index in [4.69, 9.17) is 14.2 Å². The first-order chi connectivity index (χ1) is 32.0. The normalized spacial score (nSPS) is 12.0. The van der Waals surface area contributed by atoms with Gasteiger partial charge in [-0.05, 0) is 44.9 Å². The first-order valence-electron chi connectivity index (χ1n) is 29.2. The molecule has 0 aliphatic rings. The second kappa shape index (κ2) is 54.8. The summed E-state index contributed by atoms with van der Waals surface area (Å²) in [5.74, 6) is -0.855. The minimum atomic E-state index is -0.768. The molecule has 1 unspecified atom stereocenters. The van der Waals surface area contributed by atoms with E-state index in [0.29, 0.717) is 19.3 Å². The number of ether oxygens (including phenoxy) is 3. The standard InChI is InChI=1S/C59H112O6/c1-4-7-10-13-16-19-22-24-25-26-27-28-29-30-31-32-33-35-37-40-43-46-49-52-58(61)64-55-56(54-63-57(60)51-48-45-42-39-36-21-18-15-12-9-6-3)65-59(62)53-50-47-44-41-38-34-23-20-17-14-11-8-5-2/h20,23,56H,4-19,21-22,24-55H2,1-3H3/b23-20-. The highest BCUT2D eigenvalue weighted by molar-refractivity contribution is 5.71. The van der Waals surface area contributed by atoms with Crippen LogP contribution < -0.4 is 0 Å². The molecule has 0 N–H and O–H groups in total. The van der Waals surface area contributed by atoms with Crippen LogP contribution in [0.25, 0.3) is 0 Å². The monoisotopic (exact) mass is 917 g/mol. The van der Waals surface area contributed by atoms with Crippen LogP contribution in [0.4, 0.5) is 0 Å². The Morgan fingerprint density at radius 1 is 0.292 bits per heavy atom. The van der Waals surface area contributed by atoms with Crippen LogP contribution >= 0.6 is 0 Å².